The lowest BCUT2D eigenvalue weighted by atomic mass is 10.2. The van der Waals surface area contributed by atoms with Gasteiger partial charge in [0.2, 0.25) is 0 Å². The number of anilines is 2. The normalized spacial score (nSPS) is 11.3. The van der Waals surface area contributed by atoms with E-state index >= 15 is 0 Å². The fourth-order valence-corrected chi connectivity index (χ4v) is 3.49. The summed E-state index contributed by atoms with van der Waals surface area (Å²) in [5.41, 5.74) is 7.11. The molecule has 2 aromatic rings. The van der Waals surface area contributed by atoms with E-state index in [-0.39, 0.29) is 9.92 Å². The maximum absolute atomic E-state index is 12.3. The van der Waals surface area contributed by atoms with Gasteiger partial charge in [-0.25, -0.2) is 8.42 Å². The summed E-state index contributed by atoms with van der Waals surface area (Å²) in [7, 11) is -3.80. The molecule has 0 aliphatic carbocycles. The largest absolute Gasteiger partial charge is 0.399 e. The molecule has 0 saturated carbocycles. The number of nitrogens with two attached hydrogens (primary N) is 1. The quantitative estimate of drug-likeness (QED) is 0.843. The first kappa shape index (κ1) is 15.0. The van der Waals surface area contributed by atoms with Crippen LogP contribution in [0.3, 0.4) is 0 Å². The van der Waals surface area contributed by atoms with E-state index in [2.05, 4.69) is 4.72 Å². The number of aryl methyl sites for hydroxylation is 1. The molecule has 7 heteroatoms. The molecule has 20 heavy (non-hydrogen) atoms. The maximum atomic E-state index is 12.3. The molecule has 0 spiro atoms. The lowest BCUT2D eigenvalue weighted by Crippen LogP contribution is -2.14. The highest BCUT2D eigenvalue weighted by Crippen LogP contribution is 2.28. The van der Waals surface area contributed by atoms with E-state index in [1.807, 2.05) is 0 Å². The molecule has 0 radical (unpaired) electrons. The van der Waals surface area contributed by atoms with Crippen LogP contribution in [0.2, 0.25) is 10.0 Å². The van der Waals surface area contributed by atoms with Crippen LogP contribution >= 0.6 is 23.2 Å². The number of hydrogen-bond donors (Lipinski definition) is 2. The van der Waals surface area contributed by atoms with Gasteiger partial charge in [-0.1, -0.05) is 29.3 Å². The average Bonchev–Trinajstić information content (AvgIpc) is 2.33. The average molecular weight is 331 g/mol. The Morgan fingerprint density at radius 2 is 1.80 bits per heavy atom. The summed E-state index contributed by atoms with van der Waals surface area (Å²) in [6.07, 6.45) is 0. The molecule has 2 rings (SSSR count). The van der Waals surface area contributed by atoms with Crippen LogP contribution in [0.15, 0.2) is 41.3 Å². The number of nitrogens with one attached hydrogen (secondary N) is 1. The highest BCUT2D eigenvalue weighted by Gasteiger charge is 2.19. The lowest BCUT2D eigenvalue weighted by Gasteiger charge is -2.12. The Kier molecular flexibility index (Phi) is 4.13. The lowest BCUT2D eigenvalue weighted by molar-refractivity contribution is 0.601. The zero-order valence-electron chi connectivity index (χ0n) is 10.5. The number of sulfonamides is 1. The Morgan fingerprint density at radius 1 is 1.10 bits per heavy atom. The SMILES string of the molecule is Cc1ccc(Cl)cc1NS(=O)(=O)c1ccc(N)cc1Cl. The van der Waals surface area contributed by atoms with E-state index in [0.717, 1.165) is 5.56 Å². The number of hydrogen-bond acceptors (Lipinski definition) is 3. The Bertz CT molecular complexity index is 761. The van der Waals surface area contributed by atoms with Crippen molar-refractivity contribution in [2.45, 2.75) is 11.8 Å². The molecule has 3 N–H and O–H groups in total. The number of benzene rings is 2. The highest BCUT2D eigenvalue weighted by molar-refractivity contribution is 7.92. The Hall–Kier alpha value is -1.43. The highest BCUT2D eigenvalue weighted by atomic mass is 35.5. The van der Waals surface area contributed by atoms with Gasteiger partial charge in [0.15, 0.2) is 0 Å². The van der Waals surface area contributed by atoms with Crippen molar-refractivity contribution in [3.8, 4) is 0 Å². The molecule has 0 aliphatic rings. The summed E-state index contributed by atoms with van der Waals surface area (Å²) in [4.78, 5) is -0.0345. The fraction of sp³-hybridized carbons (Fsp3) is 0.0769. The Morgan fingerprint density at radius 3 is 2.45 bits per heavy atom. The third-order valence-corrected chi connectivity index (χ3v) is 4.77. The second-order valence-corrected chi connectivity index (χ2v) is 6.75. The van der Waals surface area contributed by atoms with Crippen molar-refractivity contribution < 1.29 is 8.42 Å². The number of nitrogen functional groups attached to an aromatic ring is 1. The monoisotopic (exact) mass is 330 g/mol. The van der Waals surface area contributed by atoms with Crippen molar-refractivity contribution in [1.82, 2.24) is 0 Å². The Labute approximate surface area is 127 Å². The minimum absolute atomic E-state index is 0.0345. The summed E-state index contributed by atoms with van der Waals surface area (Å²) >= 11 is 11.8. The van der Waals surface area contributed by atoms with Crippen molar-refractivity contribution in [2.24, 2.45) is 0 Å². The molecule has 2 aromatic carbocycles. The summed E-state index contributed by atoms with van der Waals surface area (Å²) < 4.78 is 27.1. The van der Waals surface area contributed by atoms with Gasteiger partial charge in [0.05, 0.1) is 10.7 Å². The number of halogens is 2. The van der Waals surface area contributed by atoms with Crippen LogP contribution in [0.5, 0.6) is 0 Å². The van der Waals surface area contributed by atoms with Gasteiger partial charge in [0.25, 0.3) is 10.0 Å². The molecule has 0 saturated heterocycles. The maximum Gasteiger partial charge on any atom is 0.263 e. The second kappa shape index (κ2) is 5.52. The van der Waals surface area contributed by atoms with Gasteiger partial charge in [0.1, 0.15) is 4.90 Å². The first-order valence-electron chi connectivity index (χ1n) is 5.63. The molecule has 0 bridgehead atoms. The van der Waals surface area contributed by atoms with Crippen molar-refractivity contribution in [1.29, 1.82) is 0 Å². The summed E-state index contributed by atoms with van der Waals surface area (Å²) in [5.74, 6) is 0. The second-order valence-electron chi connectivity index (χ2n) is 4.25. The fourth-order valence-electron chi connectivity index (χ4n) is 1.64. The van der Waals surface area contributed by atoms with Gasteiger partial charge >= 0.3 is 0 Å². The molecule has 0 aliphatic heterocycles. The molecule has 0 atom stereocenters. The van der Waals surface area contributed by atoms with E-state index in [1.54, 1.807) is 25.1 Å². The van der Waals surface area contributed by atoms with Gasteiger partial charge in [-0.3, -0.25) is 4.72 Å². The number of rotatable bonds is 3. The third-order valence-electron chi connectivity index (χ3n) is 2.69. The molecule has 0 heterocycles. The predicted octanol–water partition coefficient (Wildman–Crippen LogP) is 3.68. The third kappa shape index (κ3) is 3.17. The van der Waals surface area contributed by atoms with Crippen molar-refractivity contribution in [3.05, 3.63) is 52.0 Å². The zero-order valence-corrected chi connectivity index (χ0v) is 12.9. The van der Waals surface area contributed by atoms with Gasteiger partial charge in [-0.2, -0.15) is 0 Å². The molecule has 0 aromatic heterocycles. The van der Waals surface area contributed by atoms with Crippen LogP contribution in [-0.2, 0) is 10.0 Å². The van der Waals surface area contributed by atoms with Crippen LogP contribution in [0.1, 0.15) is 5.56 Å². The minimum Gasteiger partial charge on any atom is -0.399 e. The molecule has 0 amide bonds. The summed E-state index contributed by atoms with van der Waals surface area (Å²) in [6, 6.07) is 9.18. The Balaban J connectivity index is 2.43. The van der Waals surface area contributed by atoms with Crippen molar-refractivity contribution in [3.63, 3.8) is 0 Å². The molecule has 4 nitrogen and oxygen atoms in total. The van der Waals surface area contributed by atoms with Crippen molar-refractivity contribution >= 4 is 44.6 Å². The van der Waals surface area contributed by atoms with Crippen LogP contribution in [-0.4, -0.2) is 8.42 Å². The van der Waals surface area contributed by atoms with Gasteiger partial charge in [-0.15, -0.1) is 0 Å². The first-order chi connectivity index (χ1) is 9.29. The smallest absolute Gasteiger partial charge is 0.263 e. The van der Waals surface area contributed by atoms with Crippen molar-refractivity contribution in [2.75, 3.05) is 10.5 Å². The minimum atomic E-state index is -3.80. The topological polar surface area (TPSA) is 72.2 Å². The first-order valence-corrected chi connectivity index (χ1v) is 7.87. The summed E-state index contributed by atoms with van der Waals surface area (Å²) in [6.45, 7) is 1.78. The molecule has 106 valence electrons. The standard InChI is InChI=1S/C13H12Cl2N2O2S/c1-8-2-3-9(14)6-12(8)17-20(18,19)13-5-4-10(16)7-11(13)15/h2-7,17H,16H2,1H3. The van der Waals surface area contributed by atoms with Gasteiger partial charge in [0, 0.05) is 10.7 Å². The van der Waals surface area contributed by atoms with E-state index in [0.29, 0.717) is 16.4 Å². The summed E-state index contributed by atoms with van der Waals surface area (Å²) in [5, 5.41) is 0.508. The predicted molar refractivity (Wildman–Crippen MR) is 82.9 cm³/mol. The van der Waals surface area contributed by atoms with Crippen LogP contribution in [0.4, 0.5) is 11.4 Å². The van der Waals surface area contributed by atoms with E-state index < -0.39 is 10.0 Å². The molecular formula is C13H12Cl2N2O2S. The van der Waals surface area contributed by atoms with E-state index in [9.17, 15) is 8.42 Å². The van der Waals surface area contributed by atoms with E-state index in [1.165, 1.54) is 18.2 Å². The van der Waals surface area contributed by atoms with Gasteiger partial charge < -0.3 is 5.73 Å². The zero-order chi connectivity index (χ0) is 14.9. The molecular weight excluding hydrogens is 319 g/mol. The molecule has 0 fully saturated rings. The van der Waals surface area contributed by atoms with Crippen LogP contribution < -0.4 is 10.5 Å². The van der Waals surface area contributed by atoms with Crippen LogP contribution in [0.25, 0.3) is 0 Å². The van der Waals surface area contributed by atoms with E-state index in [4.69, 9.17) is 28.9 Å². The van der Waals surface area contributed by atoms with Crippen LogP contribution in [0, 0.1) is 6.92 Å². The van der Waals surface area contributed by atoms with Gasteiger partial charge in [-0.05, 0) is 42.8 Å². The molecule has 0 unspecified atom stereocenters.